The van der Waals surface area contributed by atoms with Gasteiger partial charge < -0.3 is 28.4 Å². The van der Waals surface area contributed by atoms with Crippen molar-refractivity contribution in [2.24, 2.45) is 0 Å². The summed E-state index contributed by atoms with van der Waals surface area (Å²) in [5.41, 5.74) is 0. The Bertz CT molecular complexity index is 583. The molecule has 2 aliphatic heterocycles. The lowest BCUT2D eigenvalue weighted by Gasteiger charge is -2.40. The highest BCUT2D eigenvalue weighted by atomic mass is 16.9. The molecule has 2 heterocycles. The molecular formula is C15H22O10. The van der Waals surface area contributed by atoms with Crippen LogP contribution in [0.1, 0.15) is 29.1 Å². The van der Waals surface area contributed by atoms with Gasteiger partial charge >= 0.3 is 17.9 Å². The number of ether oxygens (including phenoxy) is 7. The number of esters is 3. The molecule has 0 aliphatic carbocycles. The van der Waals surface area contributed by atoms with Gasteiger partial charge in [-0.15, -0.1) is 0 Å². The largest absolute Gasteiger partial charge is 0.463 e. The molecule has 0 saturated carbocycles. The molecule has 2 fully saturated rings. The van der Waals surface area contributed by atoms with E-state index >= 15 is 0 Å². The summed E-state index contributed by atoms with van der Waals surface area (Å²) in [6.07, 6.45) is -7.18. The van der Waals surface area contributed by atoms with Crippen LogP contribution in [-0.4, -0.2) is 68.3 Å². The second kappa shape index (κ2) is 7.65. The van der Waals surface area contributed by atoms with Gasteiger partial charge in [0.25, 0.3) is 5.97 Å². The fraction of sp³-hybridized carbons (Fsp3) is 0.800. The van der Waals surface area contributed by atoms with Crippen LogP contribution in [0.3, 0.4) is 0 Å². The summed E-state index contributed by atoms with van der Waals surface area (Å²) in [5.74, 6) is -3.69. The maximum Gasteiger partial charge on any atom is 0.303 e. The first-order chi connectivity index (χ1) is 12.0. The van der Waals surface area contributed by atoms with Crippen molar-refractivity contribution in [3.05, 3.63) is 0 Å². The van der Waals surface area contributed by atoms with Crippen molar-refractivity contribution in [2.75, 3.05) is 13.7 Å². The zero-order valence-corrected chi connectivity index (χ0v) is 14.6. The summed E-state index contributed by atoms with van der Waals surface area (Å²) in [6.45, 7) is 4.55. The van der Waals surface area contributed by atoms with Crippen molar-refractivity contribution < 1.29 is 48.9 Å². The predicted octanol–water partition coefficient (Wildman–Crippen LogP) is -0.127. The van der Waals surface area contributed by atoms with Crippen molar-refractivity contribution in [3.63, 3.8) is 0 Å². The number of methoxy groups -OCH3 is 1. The molecule has 25 heavy (non-hydrogen) atoms. The van der Waals surface area contributed by atoms with E-state index in [0.717, 1.165) is 13.8 Å². The second-order valence-electron chi connectivity index (χ2n) is 5.60. The summed E-state index contributed by atoms with van der Waals surface area (Å²) < 4.78 is 45.6. The average Bonchev–Trinajstić information content (AvgIpc) is 2.79. The lowest BCUT2D eigenvalue weighted by atomic mass is 9.98. The van der Waals surface area contributed by atoms with Gasteiger partial charge in [0.1, 0.15) is 12.7 Å². The van der Waals surface area contributed by atoms with Gasteiger partial charge in [-0.3, -0.25) is 19.1 Å². The normalized spacial score (nSPS) is 40.6. The number of rotatable bonds is 5. The molecule has 10 heteroatoms. The van der Waals surface area contributed by atoms with Crippen LogP contribution in [-0.2, 0) is 47.5 Å². The highest BCUT2D eigenvalue weighted by Crippen LogP contribution is 2.39. The zero-order chi connectivity index (χ0) is 19.7. The molecule has 2 rings (SSSR count). The number of hydrogen-bond acceptors (Lipinski definition) is 10. The van der Waals surface area contributed by atoms with E-state index in [-0.39, 0.29) is 6.61 Å². The fourth-order valence-electron chi connectivity index (χ4n) is 2.48. The highest BCUT2D eigenvalue weighted by Gasteiger charge is 2.59. The van der Waals surface area contributed by atoms with Gasteiger partial charge in [0, 0.05) is 34.8 Å². The van der Waals surface area contributed by atoms with Gasteiger partial charge in [0.15, 0.2) is 24.6 Å². The Hall–Kier alpha value is -1.75. The minimum atomic E-state index is -2.08. The van der Waals surface area contributed by atoms with Crippen LogP contribution < -0.4 is 0 Å². The SMILES string of the molecule is [2H][C@@]12OC(C)(OC)O[C@@H]1O[C@H](COC(C)=O)[C@@H](OC(C)=O)[C@@H]2OC(C)=O. The van der Waals surface area contributed by atoms with Crippen molar-refractivity contribution in [2.45, 2.75) is 64.4 Å². The van der Waals surface area contributed by atoms with Gasteiger partial charge in [0.2, 0.25) is 0 Å². The van der Waals surface area contributed by atoms with Crippen molar-refractivity contribution in [1.29, 1.82) is 0 Å². The van der Waals surface area contributed by atoms with E-state index in [1.54, 1.807) is 0 Å². The summed E-state index contributed by atoms with van der Waals surface area (Å²) in [5, 5.41) is 0. The van der Waals surface area contributed by atoms with Crippen LogP contribution in [0.2, 0.25) is 0 Å². The van der Waals surface area contributed by atoms with Gasteiger partial charge in [-0.05, 0) is 0 Å². The van der Waals surface area contributed by atoms with E-state index in [9.17, 15) is 14.4 Å². The van der Waals surface area contributed by atoms with Gasteiger partial charge in [0.05, 0.1) is 1.37 Å². The third-order valence-corrected chi connectivity index (χ3v) is 3.52. The fourth-order valence-corrected chi connectivity index (χ4v) is 2.48. The quantitative estimate of drug-likeness (QED) is 0.483. The minimum absolute atomic E-state index is 0.315. The van der Waals surface area contributed by atoms with E-state index in [1.807, 2.05) is 0 Å². The Morgan fingerprint density at radius 3 is 2.16 bits per heavy atom. The summed E-state index contributed by atoms with van der Waals surface area (Å²) in [4.78, 5) is 34.2. The Morgan fingerprint density at radius 1 is 1.04 bits per heavy atom. The molecule has 1 unspecified atom stereocenters. The monoisotopic (exact) mass is 363 g/mol. The van der Waals surface area contributed by atoms with E-state index < -0.39 is 54.6 Å². The number of carbonyl (C=O) groups is 3. The Labute approximate surface area is 146 Å². The summed E-state index contributed by atoms with van der Waals surface area (Å²) in [7, 11) is 1.29. The van der Waals surface area contributed by atoms with Gasteiger partial charge in [-0.2, -0.15) is 0 Å². The molecule has 142 valence electrons. The molecule has 0 aromatic rings. The summed E-state index contributed by atoms with van der Waals surface area (Å²) in [6, 6.07) is 0. The summed E-state index contributed by atoms with van der Waals surface area (Å²) >= 11 is 0. The second-order valence-corrected chi connectivity index (χ2v) is 5.60. The Kier molecular flexibility index (Phi) is 5.52. The molecular weight excluding hydrogens is 340 g/mol. The predicted molar refractivity (Wildman–Crippen MR) is 77.8 cm³/mol. The van der Waals surface area contributed by atoms with E-state index in [0.29, 0.717) is 0 Å². The lowest BCUT2D eigenvalue weighted by Crippen LogP contribution is -2.60. The average molecular weight is 363 g/mol. The van der Waals surface area contributed by atoms with Crippen LogP contribution >= 0.6 is 0 Å². The molecule has 2 saturated heterocycles. The maximum absolute atomic E-state index is 11.6. The number of fused-ring (bicyclic) bond motifs is 1. The van der Waals surface area contributed by atoms with E-state index in [1.165, 1.54) is 21.0 Å². The molecule has 6 atom stereocenters. The molecule has 0 N–H and O–H groups in total. The molecule has 0 spiro atoms. The molecule has 0 amide bonds. The van der Waals surface area contributed by atoms with Crippen LogP contribution in [0.5, 0.6) is 0 Å². The van der Waals surface area contributed by atoms with Crippen LogP contribution in [0, 0.1) is 0 Å². The first-order valence-corrected chi connectivity index (χ1v) is 7.57. The van der Waals surface area contributed by atoms with Gasteiger partial charge in [-0.25, -0.2) is 0 Å². The first kappa shape index (κ1) is 18.1. The topological polar surface area (TPSA) is 116 Å². The number of carbonyl (C=O) groups excluding carboxylic acids is 3. The zero-order valence-electron chi connectivity index (χ0n) is 15.6. The molecule has 0 aromatic carbocycles. The first-order valence-electron chi connectivity index (χ1n) is 8.07. The Balaban J connectivity index is 2.39. The molecule has 0 bridgehead atoms. The maximum atomic E-state index is 11.6. The van der Waals surface area contributed by atoms with Crippen molar-refractivity contribution >= 4 is 17.9 Å². The van der Waals surface area contributed by atoms with Crippen LogP contribution in [0.25, 0.3) is 0 Å². The van der Waals surface area contributed by atoms with Gasteiger partial charge in [-0.1, -0.05) is 0 Å². The standard InChI is InChI=1S/C15H22O10/c1-7(16)20-6-10-11(21-8(2)17)12(22-9(3)18)13-14(23-10)25-15(4,19-5)24-13/h10-14H,6H2,1-5H3/t10-,11-,12+,13+,14+,15?/m1/s1/i13D. The van der Waals surface area contributed by atoms with Crippen LogP contribution in [0.4, 0.5) is 0 Å². The smallest absolute Gasteiger partial charge is 0.303 e. The van der Waals surface area contributed by atoms with E-state index in [2.05, 4.69) is 0 Å². The molecule has 0 radical (unpaired) electrons. The molecule has 2 aliphatic rings. The Morgan fingerprint density at radius 2 is 1.64 bits per heavy atom. The molecule has 10 nitrogen and oxygen atoms in total. The highest BCUT2D eigenvalue weighted by molar-refractivity contribution is 5.67. The lowest BCUT2D eigenvalue weighted by molar-refractivity contribution is -0.334. The third kappa shape index (κ3) is 4.66. The molecule has 0 aromatic heterocycles. The van der Waals surface area contributed by atoms with E-state index in [4.69, 9.17) is 34.5 Å². The van der Waals surface area contributed by atoms with Crippen molar-refractivity contribution in [1.82, 2.24) is 0 Å². The number of hydrogen-bond donors (Lipinski definition) is 0. The van der Waals surface area contributed by atoms with Crippen molar-refractivity contribution in [3.8, 4) is 0 Å². The third-order valence-electron chi connectivity index (χ3n) is 3.52. The van der Waals surface area contributed by atoms with Crippen LogP contribution in [0.15, 0.2) is 0 Å². The minimum Gasteiger partial charge on any atom is -0.463 e.